The number of nitrogen functional groups attached to an aromatic ring is 1. The Morgan fingerprint density at radius 1 is 1.16 bits per heavy atom. The van der Waals surface area contributed by atoms with Gasteiger partial charge in [0.15, 0.2) is 0 Å². The predicted octanol–water partition coefficient (Wildman–Crippen LogP) is 4.19. The van der Waals surface area contributed by atoms with Gasteiger partial charge in [0, 0.05) is 10.2 Å². The number of hydrogen-bond acceptors (Lipinski definition) is 2. The first-order valence-corrected chi connectivity index (χ1v) is 6.88. The molecule has 0 aliphatic heterocycles. The lowest BCUT2D eigenvalue weighted by molar-refractivity contribution is 0.102. The number of hydrogen-bond donors (Lipinski definition) is 2. The van der Waals surface area contributed by atoms with Gasteiger partial charge in [0.25, 0.3) is 5.91 Å². The van der Waals surface area contributed by atoms with E-state index in [9.17, 15) is 9.18 Å². The Bertz CT molecular complexity index is 647. The zero-order valence-electron chi connectivity index (χ0n) is 9.58. The van der Waals surface area contributed by atoms with E-state index in [2.05, 4.69) is 37.2 Å². The molecule has 0 bridgehead atoms. The van der Waals surface area contributed by atoms with E-state index in [-0.39, 0.29) is 10.0 Å². The van der Waals surface area contributed by atoms with Crippen LogP contribution in [0.5, 0.6) is 0 Å². The molecule has 3 N–H and O–H groups in total. The molecule has 0 atom stereocenters. The summed E-state index contributed by atoms with van der Waals surface area (Å²) in [6.45, 7) is 0. The molecule has 0 fully saturated rings. The highest BCUT2D eigenvalue weighted by Crippen LogP contribution is 2.26. The van der Waals surface area contributed by atoms with Crippen molar-refractivity contribution in [1.29, 1.82) is 0 Å². The maximum atomic E-state index is 13.8. The molecule has 0 heterocycles. The second kappa shape index (κ2) is 5.71. The van der Waals surface area contributed by atoms with Gasteiger partial charge in [-0.15, -0.1) is 0 Å². The summed E-state index contributed by atoms with van der Waals surface area (Å²) in [7, 11) is 0. The molecule has 19 heavy (non-hydrogen) atoms. The smallest absolute Gasteiger partial charge is 0.258 e. The van der Waals surface area contributed by atoms with Crippen molar-refractivity contribution < 1.29 is 9.18 Å². The first kappa shape index (κ1) is 14.0. The molecule has 0 unspecified atom stereocenters. The molecule has 0 saturated carbocycles. The average Bonchev–Trinajstić information content (AvgIpc) is 2.36. The van der Waals surface area contributed by atoms with Crippen molar-refractivity contribution in [3.63, 3.8) is 0 Å². The summed E-state index contributed by atoms with van der Waals surface area (Å²) in [6, 6.07) is 9.50. The summed E-state index contributed by atoms with van der Waals surface area (Å²) < 4.78 is 14.7. The molecular weight excluding hydrogens is 379 g/mol. The molecular formula is C13H9Br2FN2O. The fourth-order valence-corrected chi connectivity index (χ4v) is 2.36. The van der Waals surface area contributed by atoms with Crippen LogP contribution in [0.3, 0.4) is 0 Å². The van der Waals surface area contributed by atoms with Crippen molar-refractivity contribution in [3.8, 4) is 0 Å². The second-order valence-electron chi connectivity index (χ2n) is 3.79. The quantitative estimate of drug-likeness (QED) is 0.759. The fourth-order valence-electron chi connectivity index (χ4n) is 1.50. The number of rotatable bonds is 2. The lowest BCUT2D eigenvalue weighted by Gasteiger charge is -2.09. The average molecular weight is 388 g/mol. The van der Waals surface area contributed by atoms with Crippen LogP contribution < -0.4 is 11.1 Å². The molecule has 6 heteroatoms. The maximum Gasteiger partial charge on any atom is 0.258 e. The van der Waals surface area contributed by atoms with Gasteiger partial charge >= 0.3 is 0 Å². The summed E-state index contributed by atoms with van der Waals surface area (Å²) in [6.07, 6.45) is 0. The van der Waals surface area contributed by atoms with Gasteiger partial charge in [0.1, 0.15) is 5.82 Å². The van der Waals surface area contributed by atoms with Crippen molar-refractivity contribution >= 4 is 49.1 Å². The van der Waals surface area contributed by atoms with Crippen molar-refractivity contribution in [2.75, 3.05) is 11.1 Å². The largest absolute Gasteiger partial charge is 0.399 e. The van der Waals surface area contributed by atoms with Crippen LogP contribution in [0.15, 0.2) is 45.3 Å². The highest BCUT2D eigenvalue weighted by molar-refractivity contribution is 9.10. The summed E-state index contributed by atoms with van der Waals surface area (Å²) in [5, 5.41) is 2.62. The minimum absolute atomic E-state index is 0.0295. The summed E-state index contributed by atoms with van der Waals surface area (Å²) >= 11 is 6.33. The Morgan fingerprint density at radius 2 is 1.89 bits per heavy atom. The minimum atomic E-state index is -0.591. The third kappa shape index (κ3) is 3.13. The van der Waals surface area contributed by atoms with Crippen LogP contribution in [-0.2, 0) is 0 Å². The Hall–Kier alpha value is -1.40. The molecule has 0 aromatic heterocycles. The van der Waals surface area contributed by atoms with Gasteiger partial charge in [-0.2, -0.15) is 0 Å². The van der Waals surface area contributed by atoms with Crippen LogP contribution in [0.4, 0.5) is 15.8 Å². The first-order valence-electron chi connectivity index (χ1n) is 5.29. The molecule has 1 amide bonds. The summed E-state index contributed by atoms with van der Waals surface area (Å²) in [4.78, 5) is 12.0. The second-order valence-corrected chi connectivity index (χ2v) is 5.50. The predicted molar refractivity (Wildman–Crippen MR) is 80.6 cm³/mol. The van der Waals surface area contributed by atoms with Gasteiger partial charge in [-0.1, -0.05) is 6.07 Å². The fraction of sp³-hybridized carbons (Fsp3) is 0. The molecule has 0 saturated heterocycles. The number of carbonyl (C=O) groups is 1. The van der Waals surface area contributed by atoms with Crippen LogP contribution >= 0.6 is 31.9 Å². The molecule has 98 valence electrons. The van der Waals surface area contributed by atoms with E-state index in [0.29, 0.717) is 15.8 Å². The van der Waals surface area contributed by atoms with Crippen molar-refractivity contribution in [3.05, 3.63) is 56.7 Å². The van der Waals surface area contributed by atoms with E-state index in [1.54, 1.807) is 24.3 Å². The van der Waals surface area contributed by atoms with Gasteiger partial charge in [-0.3, -0.25) is 4.79 Å². The molecule has 0 spiro atoms. The van der Waals surface area contributed by atoms with E-state index in [4.69, 9.17) is 5.73 Å². The number of carbonyl (C=O) groups excluding carboxylic acids is 1. The zero-order valence-corrected chi connectivity index (χ0v) is 12.8. The minimum Gasteiger partial charge on any atom is -0.399 e. The van der Waals surface area contributed by atoms with Gasteiger partial charge in [0.2, 0.25) is 0 Å². The molecule has 2 rings (SSSR count). The summed E-state index contributed by atoms with van der Waals surface area (Å²) in [5.41, 5.74) is 6.67. The lowest BCUT2D eigenvalue weighted by atomic mass is 10.2. The lowest BCUT2D eigenvalue weighted by Crippen LogP contribution is -2.14. The van der Waals surface area contributed by atoms with E-state index in [1.807, 2.05) is 0 Å². The van der Waals surface area contributed by atoms with E-state index in [1.165, 1.54) is 12.1 Å². The topological polar surface area (TPSA) is 55.1 Å². The monoisotopic (exact) mass is 386 g/mol. The Balaban J connectivity index is 2.28. The van der Waals surface area contributed by atoms with Crippen LogP contribution in [-0.4, -0.2) is 5.91 Å². The third-order valence-corrected chi connectivity index (χ3v) is 3.71. The number of benzene rings is 2. The molecule has 0 aliphatic carbocycles. The van der Waals surface area contributed by atoms with E-state index < -0.39 is 11.7 Å². The number of nitrogens with two attached hydrogens (primary N) is 1. The van der Waals surface area contributed by atoms with Gasteiger partial charge in [-0.05, 0) is 62.2 Å². The highest BCUT2D eigenvalue weighted by atomic mass is 79.9. The molecule has 2 aromatic carbocycles. The number of amides is 1. The summed E-state index contributed by atoms with van der Waals surface area (Å²) in [5.74, 6) is -1.11. The van der Waals surface area contributed by atoms with Crippen LogP contribution in [0.1, 0.15) is 10.4 Å². The van der Waals surface area contributed by atoms with Crippen LogP contribution in [0, 0.1) is 5.82 Å². The SMILES string of the molecule is Nc1ccc(NC(=O)c2cccc(Br)c2F)c(Br)c1. The van der Waals surface area contributed by atoms with E-state index >= 15 is 0 Å². The Morgan fingerprint density at radius 3 is 2.58 bits per heavy atom. The highest BCUT2D eigenvalue weighted by Gasteiger charge is 2.14. The number of halogens is 3. The van der Waals surface area contributed by atoms with Crippen LogP contribution in [0.25, 0.3) is 0 Å². The third-order valence-electron chi connectivity index (χ3n) is 2.44. The number of anilines is 2. The zero-order chi connectivity index (χ0) is 14.0. The number of nitrogens with one attached hydrogen (secondary N) is 1. The standard InChI is InChI=1S/C13H9Br2FN2O/c14-9-3-1-2-8(12(9)16)13(19)18-11-5-4-7(17)6-10(11)15/h1-6H,17H2,(H,18,19). The van der Waals surface area contributed by atoms with Crippen molar-refractivity contribution in [2.24, 2.45) is 0 Å². The van der Waals surface area contributed by atoms with Crippen molar-refractivity contribution in [1.82, 2.24) is 0 Å². The van der Waals surface area contributed by atoms with Gasteiger partial charge in [-0.25, -0.2) is 4.39 Å². The Labute approximate surface area is 126 Å². The van der Waals surface area contributed by atoms with Crippen molar-refractivity contribution in [2.45, 2.75) is 0 Å². The molecule has 2 aromatic rings. The molecule has 3 nitrogen and oxygen atoms in total. The maximum absolute atomic E-state index is 13.8. The Kier molecular flexibility index (Phi) is 4.21. The normalized spacial score (nSPS) is 10.3. The van der Waals surface area contributed by atoms with Gasteiger partial charge < -0.3 is 11.1 Å². The molecule has 0 aliphatic rings. The van der Waals surface area contributed by atoms with Crippen LogP contribution in [0.2, 0.25) is 0 Å². The molecule has 0 radical (unpaired) electrons. The first-order chi connectivity index (χ1) is 8.99. The van der Waals surface area contributed by atoms with Gasteiger partial charge in [0.05, 0.1) is 15.7 Å². The van der Waals surface area contributed by atoms with E-state index in [0.717, 1.165) is 0 Å².